The molecule has 9 rings (SSSR count). The Balaban J connectivity index is 0.000000164. The number of hydrogen-bond donors (Lipinski definition) is 1. The lowest BCUT2D eigenvalue weighted by Crippen LogP contribution is -2.10. The molecule has 2 aliphatic heterocycles. The second kappa shape index (κ2) is 16.4. The zero-order valence-corrected chi connectivity index (χ0v) is 32.9. The van der Waals surface area contributed by atoms with Gasteiger partial charge in [0.15, 0.2) is 23.3 Å². The standard InChI is InChI=1S/C25H21BrN4O2.C17H13BrN4O/c1-31-20-10-7-17(8-11-20)15-32-16-24-29-28-23-14-27-25(18-5-3-2-4-6-18)21-13-19(26)9-12-22(21)30(23)24;18-12-6-7-14-13(8-12)17(11-4-2-1-3-5-11)19-9-15-20-21-16(10-23)22(14)15/h2-13H,14-16H2,1H3;1-8,23H,9-10H2. The molecule has 0 bridgehead atoms. The SMILES string of the molecule is COc1ccc(COCc2nnc3n2-c2ccc(Br)cc2C(c2ccccc2)=NC3)cc1.OCc1nnc2n1-c1ccc(Br)cc1C(c1ccccc1)=NC2. The number of nitrogens with zero attached hydrogens (tertiary/aromatic N) is 8. The fraction of sp³-hybridized carbons (Fsp3) is 0.143. The maximum absolute atomic E-state index is 9.57. The van der Waals surface area contributed by atoms with Crippen molar-refractivity contribution in [2.75, 3.05) is 7.11 Å². The summed E-state index contributed by atoms with van der Waals surface area (Å²) in [6, 6.07) is 40.3. The van der Waals surface area contributed by atoms with Crippen LogP contribution in [-0.2, 0) is 37.6 Å². The summed E-state index contributed by atoms with van der Waals surface area (Å²) in [7, 11) is 1.66. The van der Waals surface area contributed by atoms with Crippen LogP contribution < -0.4 is 4.74 Å². The van der Waals surface area contributed by atoms with E-state index in [1.807, 2.05) is 102 Å². The number of ether oxygens (including phenoxy) is 2. The smallest absolute Gasteiger partial charge is 0.163 e. The fourth-order valence-corrected chi connectivity index (χ4v) is 7.31. The molecule has 2 aromatic heterocycles. The molecule has 7 aromatic rings. The fourth-order valence-electron chi connectivity index (χ4n) is 6.59. The van der Waals surface area contributed by atoms with E-state index in [4.69, 9.17) is 19.5 Å². The Bertz CT molecular complexity index is 2520. The van der Waals surface area contributed by atoms with Gasteiger partial charge in [-0.05, 0) is 54.1 Å². The van der Waals surface area contributed by atoms with Crippen molar-refractivity contribution in [3.8, 4) is 17.1 Å². The first kappa shape index (κ1) is 36.4. The summed E-state index contributed by atoms with van der Waals surface area (Å²) in [5.74, 6) is 3.62. The molecule has 11 nitrogen and oxygen atoms in total. The minimum Gasteiger partial charge on any atom is -0.497 e. The van der Waals surface area contributed by atoms with E-state index in [1.165, 1.54) is 0 Å². The van der Waals surface area contributed by atoms with Crippen LogP contribution in [0, 0.1) is 0 Å². The minimum absolute atomic E-state index is 0.164. The zero-order chi connectivity index (χ0) is 37.7. The number of rotatable bonds is 8. The molecule has 0 aliphatic carbocycles. The average molecular weight is 859 g/mol. The van der Waals surface area contributed by atoms with Crippen LogP contribution in [-0.4, -0.2) is 53.2 Å². The molecule has 0 radical (unpaired) electrons. The van der Waals surface area contributed by atoms with Crippen molar-refractivity contribution >= 4 is 43.3 Å². The van der Waals surface area contributed by atoms with Gasteiger partial charge in [0.1, 0.15) is 32.1 Å². The van der Waals surface area contributed by atoms with Crippen molar-refractivity contribution in [1.29, 1.82) is 0 Å². The van der Waals surface area contributed by atoms with Crippen LogP contribution in [0.3, 0.4) is 0 Å². The van der Waals surface area contributed by atoms with Crippen molar-refractivity contribution in [3.63, 3.8) is 0 Å². The highest BCUT2D eigenvalue weighted by Crippen LogP contribution is 2.30. The highest BCUT2D eigenvalue weighted by Gasteiger charge is 2.24. The van der Waals surface area contributed by atoms with E-state index in [-0.39, 0.29) is 6.61 Å². The summed E-state index contributed by atoms with van der Waals surface area (Å²) in [6.07, 6.45) is 0. The van der Waals surface area contributed by atoms with E-state index < -0.39 is 0 Å². The first-order valence-corrected chi connectivity index (χ1v) is 19.1. The van der Waals surface area contributed by atoms with Gasteiger partial charge in [-0.2, -0.15) is 0 Å². The monoisotopic (exact) mass is 856 g/mol. The number of benzene rings is 5. The van der Waals surface area contributed by atoms with Gasteiger partial charge in [-0.3, -0.25) is 19.1 Å². The quantitative estimate of drug-likeness (QED) is 0.164. The number of aliphatic hydroxyl groups excluding tert-OH is 1. The average Bonchev–Trinajstić information content (AvgIpc) is 3.74. The van der Waals surface area contributed by atoms with Gasteiger partial charge in [-0.25, -0.2) is 0 Å². The molecular formula is C42H34Br2N8O3. The van der Waals surface area contributed by atoms with Crippen LogP contribution in [0.15, 0.2) is 140 Å². The summed E-state index contributed by atoms with van der Waals surface area (Å²) < 4.78 is 17.1. The number of methoxy groups -OCH3 is 1. The summed E-state index contributed by atoms with van der Waals surface area (Å²) in [5.41, 5.74) is 8.99. The van der Waals surface area contributed by atoms with Crippen LogP contribution in [0.4, 0.5) is 0 Å². The molecule has 0 fully saturated rings. The van der Waals surface area contributed by atoms with Crippen molar-refractivity contribution in [2.24, 2.45) is 9.98 Å². The van der Waals surface area contributed by atoms with Crippen LogP contribution in [0.2, 0.25) is 0 Å². The van der Waals surface area contributed by atoms with Gasteiger partial charge in [0, 0.05) is 31.2 Å². The van der Waals surface area contributed by atoms with Crippen molar-refractivity contribution in [1.82, 2.24) is 29.5 Å². The molecular weight excluding hydrogens is 824 g/mol. The van der Waals surface area contributed by atoms with Crippen LogP contribution >= 0.6 is 31.9 Å². The maximum atomic E-state index is 9.57. The third-order valence-electron chi connectivity index (χ3n) is 9.16. The lowest BCUT2D eigenvalue weighted by molar-refractivity contribution is 0.100. The number of fused-ring (bicyclic) bond motifs is 6. The van der Waals surface area contributed by atoms with Crippen molar-refractivity contribution in [3.05, 3.63) is 181 Å². The number of aliphatic hydroxyl groups is 1. The van der Waals surface area contributed by atoms with Crippen LogP contribution in [0.5, 0.6) is 5.75 Å². The third kappa shape index (κ3) is 7.69. The van der Waals surface area contributed by atoms with Gasteiger partial charge < -0.3 is 14.6 Å². The second-order valence-electron chi connectivity index (χ2n) is 12.6. The number of hydrogen-bond acceptors (Lipinski definition) is 9. The van der Waals surface area contributed by atoms with E-state index in [2.05, 4.69) is 81.1 Å². The molecule has 0 saturated heterocycles. The Hall–Kier alpha value is -5.60. The highest BCUT2D eigenvalue weighted by atomic mass is 79.9. The predicted molar refractivity (Wildman–Crippen MR) is 217 cm³/mol. The van der Waals surface area contributed by atoms with E-state index in [1.54, 1.807) is 7.11 Å². The summed E-state index contributed by atoms with van der Waals surface area (Å²) >= 11 is 7.15. The summed E-state index contributed by atoms with van der Waals surface area (Å²) in [5, 5.41) is 26.6. The molecule has 2 aliphatic rings. The largest absolute Gasteiger partial charge is 0.497 e. The van der Waals surface area contributed by atoms with E-state index in [0.717, 1.165) is 82.8 Å². The van der Waals surface area contributed by atoms with Crippen LogP contribution in [0.25, 0.3) is 11.4 Å². The minimum atomic E-state index is -0.164. The molecule has 4 heterocycles. The van der Waals surface area contributed by atoms with Gasteiger partial charge >= 0.3 is 0 Å². The zero-order valence-electron chi connectivity index (χ0n) is 29.7. The van der Waals surface area contributed by atoms with E-state index in [0.29, 0.717) is 32.1 Å². The maximum Gasteiger partial charge on any atom is 0.163 e. The molecule has 0 unspecified atom stereocenters. The molecule has 1 N–H and O–H groups in total. The number of aromatic nitrogens is 6. The van der Waals surface area contributed by atoms with Gasteiger partial charge in [0.25, 0.3) is 0 Å². The first-order chi connectivity index (χ1) is 27.0. The summed E-state index contributed by atoms with van der Waals surface area (Å²) in [4.78, 5) is 9.65. The Morgan fingerprint density at radius 3 is 1.62 bits per heavy atom. The Labute approximate surface area is 334 Å². The van der Waals surface area contributed by atoms with Crippen molar-refractivity contribution < 1.29 is 14.6 Å². The van der Waals surface area contributed by atoms with E-state index >= 15 is 0 Å². The third-order valence-corrected chi connectivity index (χ3v) is 10.1. The normalized spacial score (nSPS) is 12.7. The molecule has 274 valence electrons. The molecule has 0 saturated carbocycles. The molecule has 0 amide bonds. The first-order valence-electron chi connectivity index (χ1n) is 17.5. The molecule has 0 spiro atoms. The van der Waals surface area contributed by atoms with Crippen molar-refractivity contribution in [2.45, 2.75) is 32.9 Å². The van der Waals surface area contributed by atoms with Gasteiger partial charge in [0.2, 0.25) is 0 Å². The Morgan fingerprint density at radius 1 is 0.600 bits per heavy atom. The van der Waals surface area contributed by atoms with Gasteiger partial charge in [-0.15, -0.1) is 20.4 Å². The Morgan fingerprint density at radius 2 is 1.11 bits per heavy atom. The lowest BCUT2D eigenvalue weighted by Gasteiger charge is -2.14. The molecule has 55 heavy (non-hydrogen) atoms. The second-order valence-corrected chi connectivity index (χ2v) is 14.5. The lowest BCUT2D eigenvalue weighted by atomic mass is 10.0. The highest BCUT2D eigenvalue weighted by molar-refractivity contribution is 9.10. The Kier molecular flexibility index (Phi) is 10.9. The number of aliphatic imine (C=N–C) groups is 2. The molecule has 5 aromatic carbocycles. The van der Waals surface area contributed by atoms with Crippen LogP contribution in [0.1, 0.15) is 51.1 Å². The number of halogens is 2. The summed E-state index contributed by atoms with van der Waals surface area (Å²) in [6.45, 7) is 1.52. The predicted octanol–water partition coefficient (Wildman–Crippen LogP) is 7.98. The topological polar surface area (TPSA) is 125 Å². The van der Waals surface area contributed by atoms with Gasteiger partial charge in [0.05, 0.1) is 36.5 Å². The molecule has 0 atom stereocenters. The van der Waals surface area contributed by atoms with E-state index in [9.17, 15) is 5.11 Å². The van der Waals surface area contributed by atoms with Gasteiger partial charge in [-0.1, -0.05) is 105 Å². The molecule has 13 heteroatoms.